The highest BCUT2D eigenvalue weighted by molar-refractivity contribution is 6.04. The summed E-state index contributed by atoms with van der Waals surface area (Å²) in [5.74, 6) is -0.539. The molecule has 1 unspecified atom stereocenters. The Labute approximate surface area is 144 Å². The van der Waals surface area contributed by atoms with Gasteiger partial charge in [0.1, 0.15) is 5.56 Å². The summed E-state index contributed by atoms with van der Waals surface area (Å²) < 4.78 is 6.52. The van der Waals surface area contributed by atoms with Crippen LogP contribution in [0.3, 0.4) is 0 Å². The Morgan fingerprint density at radius 2 is 2.16 bits per heavy atom. The number of H-pyrrole nitrogens is 1. The van der Waals surface area contributed by atoms with Gasteiger partial charge in [0, 0.05) is 18.5 Å². The van der Waals surface area contributed by atoms with E-state index in [2.05, 4.69) is 10.3 Å². The molecule has 1 aliphatic rings. The third-order valence-electron chi connectivity index (χ3n) is 4.36. The molecular weight excluding hydrogens is 322 g/mol. The normalized spacial score (nSPS) is 16.8. The Hall–Kier alpha value is -2.67. The molecule has 1 aromatic carbocycles. The quantitative estimate of drug-likeness (QED) is 0.861. The third-order valence-corrected chi connectivity index (χ3v) is 4.36. The molecule has 3 rings (SSSR count). The van der Waals surface area contributed by atoms with Crippen LogP contribution in [0, 0.1) is 0 Å². The highest BCUT2D eigenvalue weighted by atomic mass is 16.5. The molecule has 2 aromatic rings. The summed E-state index contributed by atoms with van der Waals surface area (Å²) in [6, 6.07) is 7.41. The SMILES string of the molecule is CCc1ccccc1NC(=O)c1c[nH]c(=O)n(CC2CCCO2)c1=O. The second-order valence-corrected chi connectivity index (χ2v) is 6.02. The van der Waals surface area contributed by atoms with E-state index in [-0.39, 0.29) is 18.2 Å². The zero-order valence-electron chi connectivity index (χ0n) is 14.1. The van der Waals surface area contributed by atoms with Gasteiger partial charge in [-0.25, -0.2) is 4.79 Å². The maximum absolute atomic E-state index is 12.6. The summed E-state index contributed by atoms with van der Waals surface area (Å²) >= 11 is 0. The minimum atomic E-state index is -0.606. The van der Waals surface area contributed by atoms with Crippen molar-refractivity contribution in [3.63, 3.8) is 0 Å². The Kier molecular flexibility index (Phi) is 5.14. The maximum atomic E-state index is 12.6. The second kappa shape index (κ2) is 7.48. The number of hydrogen-bond acceptors (Lipinski definition) is 4. The van der Waals surface area contributed by atoms with Crippen LogP contribution in [0.4, 0.5) is 5.69 Å². The molecule has 2 heterocycles. The van der Waals surface area contributed by atoms with Crippen LogP contribution in [0.15, 0.2) is 40.1 Å². The average Bonchev–Trinajstić information content (AvgIpc) is 3.12. The number of aryl methyl sites for hydroxylation is 1. The molecule has 1 aromatic heterocycles. The predicted molar refractivity (Wildman–Crippen MR) is 94.1 cm³/mol. The first kappa shape index (κ1) is 17.2. The van der Waals surface area contributed by atoms with Gasteiger partial charge in [0.25, 0.3) is 11.5 Å². The van der Waals surface area contributed by atoms with E-state index in [1.807, 2.05) is 25.1 Å². The number of aromatic nitrogens is 2. The lowest BCUT2D eigenvalue weighted by atomic mass is 10.1. The van der Waals surface area contributed by atoms with Crippen LogP contribution in [-0.2, 0) is 17.7 Å². The van der Waals surface area contributed by atoms with Crippen LogP contribution in [0.5, 0.6) is 0 Å². The molecule has 7 heteroatoms. The number of benzene rings is 1. The van der Waals surface area contributed by atoms with E-state index in [4.69, 9.17) is 4.74 Å². The van der Waals surface area contributed by atoms with Crippen molar-refractivity contribution in [1.82, 2.24) is 9.55 Å². The molecule has 0 aliphatic carbocycles. The van der Waals surface area contributed by atoms with E-state index in [0.29, 0.717) is 12.3 Å². The highest BCUT2D eigenvalue weighted by Gasteiger charge is 2.21. The fourth-order valence-corrected chi connectivity index (χ4v) is 2.97. The number of carbonyl (C=O) groups is 1. The molecule has 132 valence electrons. The van der Waals surface area contributed by atoms with Gasteiger partial charge in [-0.3, -0.25) is 14.2 Å². The van der Waals surface area contributed by atoms with Gasteiger partial charge in [0.15, 0.2) is 0 Å². The van der Waals surface area contributed by atoms with Crippen LogP contribution >= 0.6 is 0 Å². The van der Waals surface area contributed by atoms with Crippen molar-refractivity contribution >= 4 is 11.6 Å². The molecule has 1 atom stereocenters. The van der Waals surface area contributed by atoms with E-state index in [9.17, 15) is 14.4 Å². The Morgan fingerprint density at radius 3 is 2.88 bits per heavy atom. The highest BCUT2D eigenvalue weighted by Crippen LogP contribution is 2.16. The number of anilines is 1. The van der Waals surface area contributed by atoms with Gasteiger partial charge in [-0.1, -0.05) is 25.1 Å². The van der Waals surface area contributed by atoms with Crippen LogP contribution in [0.2, 0.25) is 0 Å². The van der Waals surface area contributed by atoms with Crippen molar-refractivity contribution in [2.24, 2.45) is 0 Å². The summed E-state index contributed by atoms with van der Waals surface area (Å²) in [6.45, 7) is 2.77. The molecule has 25 heavy (non-hydrogen) atoms. The van der Waals surface area contributed by atoms with Crippen molar-refractivity contribution in [3.05, 3.63) is 62.4 Å². The number of para-hydroxylation sites is 1. The summed E-state index contributed by atoms with van der Waals surface area (Å²) in [4.78, 5) is 39.6. The first-order valence-electron chi connectivity index (χ1n) is 8.43. The minimum absolute atomic E-state index is 0.0940. The van der Waals surface area contributed by atoms with E-state index in [1.165, 1.54) is 6.20 Å². The average molecular weight is 343 g/mol. The molecule has 1 amide bonds. The lowest BCUT2D eigenvalue weighted by molar-refractivity contribution is 0.0941. The maximum Gasteiger partial charge on any atom is 0.328 e. The van der Waals surface area contributed by atoms with Gasteiger partial charge < -0.3 is 15.0 Å². The fraction of sp³-hybridized carbons (Fsp3) is 0.389. The summed E-state index contributed by atoms with van der Waals surface area (Å²) in [7, 11) is 0. The number of aromatic amines is 1. The van der Waals surface area contributed by atoms with Crippen LogP contribution in [-0.4, -0.2) is 28.2 Å². The van der Waals surface area contributed by atoms with E-state index in [1.54, 1.807) is 6.07 Å². The van der Waals surface area contributed by atoms with Crippen LogP contribution in [0.1, 0.15) is 35.7 Å². The Morgan fingerprint density at radius 1 is 1.36 bits per heavy atom. The van der Waals surface area contributed by atoms with Gasteiger partial charge in [-0.05, 0) is 30.9 Å². The van der Waals surface area contributed by atoms with Gasteiger partial charge in [0.05, 0.1) is 12.6 Å². The molecule has 1 aliphatic heterocycles. The summed E-state index contributed by atoms with van der Waals surface area (Å²) in [5.41, 5.74) is 0.395. The number of ether oxygens (including phenoxy) is 1. The number of amides is 1. The first-order chi connectivity index (χ1) is 12.1. The smallest absolute Gasteiger partial charge is 0.328 e. The molecule has 1 fully saturated rings. The molecule has 7 nitrogen and oxygen atoms in total. The summed E-state index contributed by atoms with van der Waals surface area (Å²) in [5, 5.41) is 2.75. The molecule has 0 saturated carbocycles. The van der Waals surface area contributed by atoms with Crippen LogP contribution in [0.25, 0.3) is 0 Å². The monoisotopic (exact) mass is 343 g/mol. The number of nitrogens with zero attached hydrogens (tertiary/aromatic N) is 1. The molecular formula is C18H21N3O4. The van der Waals surface area contributed by atoms with Gasteiger partial charge >= 0.3 is 5.69 Å². The number of carbonyl (C=O) groups excluding carboxylic acids is 1. The molecule has 2 N–H and O–H groups in total. The molecule has 1 saturated heterocycles. The van der Waals surface area contributed by atoms with Crippen molar-refractivity contribution in [1.29, 1.82) is 0 Å². The van der Waals surface area contributed by atoms with Gasteiger partial charge in [-0.15, -0.1) is 0 Å². The number of rotatable bonds is 5. The minimum Gasteiger partial charge on any atom is -0.376 e. The van der Waals surface area contributed by atoms with Crippen LogP contribution < -0.4 is 16.6 Å². The zero-order chi connectivity index (χ0) is 17.8. The van der Waals surface area contributed by atoms with Crippen molar-refractivity contribution in [2.75, 3.05) is 11.9 Å². The number of hydrogen-bond donors (Lipinski definition) is 2. The fourth-order valence-electron chi connectivity index (χ4n) is 2.97. The lowest BCUT2D eigenvalue weighted by Crippen LogP contribution is -2.41. The first-order valence-corrected chi connectivity index (χ1v) is 8.43. The standard InChI is InChI=1S/C18H21N3O4/c1-2-12-6-3-4-8-15(12)20-16(22)14-10-19-18(24)21(17(14)23)11-13-7-5-9-25-13/h3-4,6,8,10,13H,2,5,7,9,11H2,1H3,(H,19,24)(H,20,22). The predicted octanol–water partition coefficient (Wildman–Crippen LogP) is 1.53. The van der Waals surface area contributed by atoms with E-state index in [0.717, 1.165) is 29.4 Å². The lowest BCUT2D eigenvalue weighted by Gasteiger charge is -2.13. The van der Waals surface area contributed by atoms with Crippen molar-refractivity contribution in [2.45, 2.75) is 38.8 Å². The third kappa shape index (κ3) is 3.71. The van der Waals surface area contributed by atoms with Crippen molar-refractivity contribution in [3.8, 4) is 0 Å². The van der Waals surface area contributed by atoms with Gasteiger partial charge in [-0.2, -0.15) is 0 Å². The van der Waals surface area contributed by atoms with E-state index >= 15 is 0 Å². The Bertz CT molecular complexity index is 878. The summed E-state index contributed by atoms with van der Waals surface area (Å²) in [6.07, 6.45) is 3.46. The number of nitrogens with one attached hydrogen (secondary N) is 2. The second-order valence-electron chi connectivity index (χ2n) is 6.02. The zero-order valence-corrected chi connectivity index (χ0v) is 14.1. The molecule has 0 radical (unpaired) electrons. The topological polar surface area (TPSA) is 93.2 Å². The largest absolute Gasteiger partial charge is 0.376 e. The molecule has 0 bridgehead atoms. The van der Waals surface area contributed by atoms with Gasteiger partial charge in [0.2, 0.25) is 0 Å². The molecule has 0 spiro atoms. The van der Waals surface area contributed by atoms with Crippen molar-refractivity contribution < 1.29 is 9.53 Å². The van der Waals surface area contributed by atoms with E-state index < -0.39 is 17.2 Å². The Balaban J connectivity index is 1.87.